The monoisotopic (exact) mass is 540 g/mol. The second-order valence-electron chi connectivity index (χ2n) is 9.19. The Bertz CT molecular complexity index is 1580. The van der Waals surface area contributed by atoms with Gasteiger partial charge in [-0.05, 0) is 30.3 Å². The molecule has 2 aliphatic heterocycles. The maximum atomic E-state index is 12.8. The lowest BCUT2D eigenvalue weighted by molar-refractivity contribution is 0.177. The summed E-state index contributed by atoms with van der Waals surface area (Å²) in [4.78, 5) is 34.7. The molecule has 1 N–H and O–H groups in total. The molecule has 204 valence electrons. The van der Waals surface area contributed by atoms with Crippen LogP contribution in [0, 0.1) is 11.3 Å². The van der Waals surface area contributed by atoms with Crippen molar-refractivity contribution in [1.82, 2.24) is 24.8 Å². The van der Waals surface area contributed by atoms with E-state index in [0.29, 0.717) is 79.4 Å². The van der Waals surface area contributed by atoms with Gasteiger partial charge in [0, 0.05) is 49.6 Å². The molecule has 12 nitrogen and oxygen atoms in total. The van der Waals surface area contributed by atoms with E-state index >= 15 is 0 Å². The second kappa shape index (κ2) is 12.1. The number of nitrogens with one attached hydrogen (secondary N) is 1. The van der Waals surface area contributed by atoms with Crippen LogP contribution in [0.3, 0.4) is 0 Å². The number of rotatable bonds is 8. The molecule has 0 atom stereocenters. The zero-order valence-electron chi connectivity index (χ0n) is 22.0. The molecule has 3 aromatic rings. The van der Waals surface area contributed by atoms with E-state index in [1.54, 1.807) is 53.5 Å². The van der Waals surface area contributed by atoms with Crippen LogP contribution in [-0.2, 0) is 11.3 Å². The standard InChI is InChI=1S/C28H28N8O4/c1-39-25-15-23-24(16-26(25)40-14-2-9-36-31-7-8-32-36)30-18-21(19-37)27(23)34-10-12-35(13-11-34)28(38)33-22-5-3-20(17-29)4-6-22/h3-8,15-16H,2,9-14,18H2,1H3,(H,33,38). The van der Waals surface area contributed by atoms with Gasteiger partial charge in [-0.1, -0.05) is 0 Å². The van der Waals surface area contributed by atoms with Gasteiger partial charge in [0.2, 0.25) is 0 Å². The number of carbonyl (C=O) groups excluding carboxylic acids is 2. The van der Waals surface area contributed by atoms with E-state index < -0.39 is 0 Å². The Balaban J connectivity index is 1.30. The molecule has 0 bridgehead atoms. The lowest BCUT2D eigenvalue weighted by atomic mass is 10.0. The van der Waals surface area contributed by atoms with Gasteiger partial charge in [-0.2, -0.15) is 20.3 Å². The fraction of sp³-hybridized carbons (Fsp3) is 0.321. The van der Waals surface area contributed by atoms with Crippen LogP contribution >= 0.6 is 0 Å². The van der Waals surface area contributed by atoms with Crippen molar-refractivity contribution in [2.45, 2.75) is 13.0 Å². The normalized spacial score (nSPS) is 14.5. The van der Waals surface area contributed by atoms with E-state index in [0.717, 1.165) is 10.9 Å². The average Bonchev–Trinajstić information content (AvgIpc) is 3.52. The molecule has 12 heteroatoms. The Labute approximate surface area is 230 Å². The highest BCUT2D eigenvalue weighted by Crippen LogP contribution is 2.25. The van der Waals surface area contributed by atoms with Gasteiger partial charge in [0.25, 0.3) is 0 Å². The number of nitrogens with zero attached hydrogens (tertiary/aromatic N) is 7. The number of hydrogen-bond donors (Lipinski definition) is 1. The molecule has 5 rings (SSSR count). The number of urea groups is 1. The average molecular weight is 541 g/mol. The number of carbonyl (C=O) groups is 1. The van der Waals surface area contributed by atoms with Crippen molar-refractivity contribution in [2.75, 3.05) is 51.8 Å². The molecule has 0 spiro atoms. The SMILES string of the molecule is COc1cc2c(cc1OCCCn1nccn1)=NCC(=C=O)C=2N1CCN(C(=O)Nc2ccc(C#N)cc2)CC1. The Morgan fingerprint density at radius 2 is 1.82 bits per heavy atom. The first-order valence-electron chi connectivity index (χ1n) is 12.9. The van der Waals surface area contributed by atoms with Gasteiger partial charge in [-0.25, -0.2) is 9.59 Å². The molecule has 2 amide bonds. The van der Waals surface area contributed by atoms with Crippen LogP contribution in [0.2, 0.25) is 0 Å². The third kappa shape index (κ3) is 5.80. The summed E-state index contributed by atoms with van der Waals surface area (Å²) in [5.74, 6) is 3.18. The molecule has 0 saturated carbocycles. The molecule has 40 heavy (non-hydrogen) atoms. The summed E-state index contributed by atoms with van der Waals surface area (Å²) in [5.41, 5.74) is 2.37. The van der Waals surface area contributed by atoms with Crippen LogP contribution in [-0.4, -0.2) is 83.2 Å². The van der Waals surface area contributed by atoms with Crippen molar-refractivity contribution in [2.24, 2.45) is 4.99 Å². The fourth-order valence-electron chi connectivity index (χ4n) is 4.70. The number of anilines is 1. The van der Waals surface area contributed by atoms with Crippen molar-refractivity contribution >= 4 is 23.4 Å². The maximum absolute atomic E-state index is 12.8. The highest BCUT2D eigenvalue weighted by atomic mass is 16.5. The quantitative estimate of drug-likeness (QED) is 0.330. The number of methoxy groups -OCH3 is 1. The number of piperazine rings is 1. The van der Waals surface area contributed by atoms with Crippen LogP contribution in [0.5, 0.6) is 11.5 Å². The van der Waals surface area contributed by atoms with E-state index in [4.69, 9.17) is 14.7 Å². The summed E-state index contributed by atoms with van der Waals surface area (Å²) < 4.78 is 11.6. The molecule has 0 unspecified atom stereocenters. The molecule has 0 radical (unpaired) electrons. The molecular formula is C28H28N8O4. The Morgan fingerprint density at radius 1 is 1.07 bits per heavy atom. The molecule has 2 aromatic carbocycles. The summed E-state index contributed by atoms with van der Waals surface area (Å²) in [6.07, 6.45) is 3.98. The minimum absolute atomic E-state index is 0.210. The number of benzene rings is 2. The van der Waals surface area contributed by atoms with Crippen LogP contribution in [0.15, 0.2) is 59.4 Å². The lowest BCUT2D eigenvalue weighted by Crippen LogP contribution is -2.51. The summed E-state index contributed by atoms with van der Waals surface area (Å²) in [6.45, 7) is 3.28. The van der Waals surface area contributed by atoms with Crippen LogP contribution in [0.1, 0.15) is 12.0 Å². The summed E-state index contributed by atoms with van der Waals surface area (Å²) in [6, 6.07) is 12.3. The predicted octanol–water partition coefficient (Wildman–Crippen LogP) is 0.977. The van der Waals surface area contributed by atoms with Crippen molar-refractivity contribution in [3.63, 3.8) is 0 Å². The number of ether oxygens (including phenoxy) is 2. The highest BCUT2D eigenvalue weighted by molar-refractivity contribution is 5.89. The van der Waals surface area contributed by atoms with Gasteiger partial charge in [0.1, 0.15) is 5.94 Å². The minimum atomic E-state index is -0.216. The van der Waals surface area contributed by atoms with Gasteiger partial charge in [-0.15, -0.1) is 0 Å². The van der Waals surface area contributed by atoms with Crippen LogP contribution < -0.4 is 25.4 Å². The zero-order chi connectivity index (χ0) is 27.9. The zero-order valence-corrected chi connectivity index (χ0v) is 22.0. The van der Waals surface area contributed by atoms with E-state index in [1.807, 2.05) is 12.1 Å². The number of aryl methyl sites for hydroxylation is 1. The number of aromatic nitrogens is 3. The van der Waals surface area contributed by atoms with Gasteiger partial charge >= 0.3 is 6.03 Å². The first-order valence-corrected chi connectivity index (χ1v) is 12.9. The first kappa shape index (κ1) is 26.5. The van der Waals surface area contributed by atoms with Crippen molar-refractivity contribution in [3.05, 3.63) is 70.5 Å². The summed E-state index contributed by atoms with van der Waals surface area (Å²) >= 11 is 0. The smallest absolute Gasteiger partial charge is 0.321 e. The largest absolute Gasteiger partial charge is 0.493 e. The van der Waals surface area contributed by atoms with E-state index in [-0.39, 0.29) is 12.6 Å². The number of fused-ring (bicyclic) bond motifs is 1. The third-order valence-electron chi connectivity index (χ3n) is 6.73. The summed E-state index contributed by atoms with van der Waals surface area (Å²) in [5, 5.41) is 21.5. The predicted molar refractivity (Wildman–Crippen MR) is 145 cm³/mol. The van der Waals surface area contributed by atoms with Gasteiger partial charge < -0.3 is 24.6 Å². The highest BCUT2D eigenvalue weighted by Gasteiger charge is 2.27. The van der Waals surface area contributed by atoms with Crippen molar-refractivity contribution in [3.8, 4) is 17.6 Å². The molecule has 3 heterocycles. The van der Waals surface area contributed by atoms with Crippen molar-refractivity contribution in [1.29, 1.82) is 5.26 Å². The third-order valence-corrected chi connectivity index (χ3v) is 6.73. The molecule has 0 aliphatic carbocycles. The Morgan fingerprint density at radius 3 is 2.50 bits per heavy atom. The number of nitriles is 1. The number of hydrogen-bond acceptors (Lipinski definition) is 9. The van der Waals surface area contributed by atoms with Gasteiger partial charge in [-0.3, -0.25) is 4.99 Å². The van der Waals surface area contributed by atoms with Gasteiger partial charge in [0.05, 0.1) is 67.5 Å². The Hall–Kier alpha value is -5.14. The molecular weight excluding hydrogens is 512 g/mol. The molecule has 1 aromatic heterocycles. The van der Waals surface area contributed by atoms with Crippen LogP contribution in [0.25, 0.3) is 5.70 Å². The van der Waals surface area contributed by atoms with E-state index in [1.165, 1.54) is 0 Å². The van der Waals surface area contributed by atoms with Crippen LogP contribution in [0.4, 0.5) is 10.5 Å². The topological polar surface area (TPSA) is 138 Å². The summed E-state index contributed by atoms with van der Waals surface area (Å²) in [7, 11) is 1.57. The molecule has 2 aliphatic rings. The number of amides is 2. The molecule has 1 saturated heterocycles. The van der Waals surface area contributed by atoms with Gasteiger partial charge in [0.15, 0.2) is 11.5 Å². The Kier molecular flexibility index (Phi) is 8.04. The minimum Gasteiger partial charge on any atom is -0.493 e. The second-order valence-corrected chi connectivity index (χ2v) is 9.19. The molecule has 1 fully saturated rings. The maximum Gasteiger partial charge on any atom is 0.321 e. The van der Waals surface area contributed by atoms with E-state index in [9.17, 15) is 9.59 Å². The lowest BCUT2D eigenvalue weighted by Gasteiger charge is -2.37. The first-order chi connectivity index (χ1) is 19.6. The van der Waals surface area contributed by atoms with E-state index in [2.05, 4.69) is 37.4 Å². The fourth-order valence-corrected chi connectivity index (χ4v) is 4.70. The van der Waals surface area contributed by atoms with Crippen molar-refractivity contribution < 1.29 is 19.1 Å².